The zero-order chi connectivity index (χ0) is 12.2. The molecule has 16 heavy (non-hydrogen) atoms. The molecular weight excluding hydrogens is 200 g/mol. The SMILES string of the molecule is CCN(CC(C)(C)CN)c1cc(C)ncn1. The van der Waals surface area contributed by atoms with E-state index in [4.69, 9.17) is 5.73 Å². The summed E-state index contributed by atoms with van der Waals surface area (Å²) in [6.07, 6.45) is 1.61. The highest BCUT2D eigenvalue weighted by atomic mass is 15.2. The molecule has 0 saturated carbocycles. The van der Waals surface area contributed by atoms with Crippen LogP contribution in [0.3, 0.4) is 0 Å². The Hall–Kier alpha value is -1.16. The Morgan fingerprint density at radius 2 is 2.06 bits per heavy atom. The Kier molecular flexibility index (Phi) is 4.24. The van der Waals surface area contributed by atoms with Gasteiger partial charge in [-0.3, -0.25) is 0 Å². The monoisotopic (exact) mass is 222 g/mol. The van der Waals surface area contributed by atoms with E-state index in [2.05, 4.69) is 35.6 Å². The van der Waals surface area contributed by atoms with Gasteiger partial charge in [0.05, 0.1) is 0 Å². The minimum absolute atomic E-state index is 0.106. The second kappa shape index (κ2) is 5.25. The highest BCUT2D eigenvalue weighted by Crippen LogP contribution is 2.19. The van der Waals surface area contributed by atoms with Gasteiger partial charge in [0.15, 0.2) is 0 Å². The van der Waals surface area contributed by atoms with E-state index in [0.29, 0.717) is 6.54 Å². The van der Waals surface area contributed by atoms with E-state index in [1.165, 1.54) is 0 Å². The molecule has 0 saturated heterocycles. The summed E-state index contributed by atoms with van der Waals surface area (Å²) in [4.78, 5) is 10.7. The van der Waals surface area contributed by atoms with Crippen molar-refractivity contribution in [2.45, 2.75) is 27.7 Å². The van der Waals surface area contributed by atoms with Crippen molar-refractivity contribution in [2.75, 3.05) is 24.5 Å². The van der Waals surface area contributed by atoms with E-state index in [1.54, 1.807) is 6.33 Å². The molecule has 0 aliphatic carbocycles. The lowest BCUT2D eigenvalue weighted by molar-refractivity contribution is 0.378. The summed E-state index contributed by atoms with van der Waals surface area (Å²) in [7, 11) is 0. The zero-order valence-electron chi connectivity index (χ0n) is 10.7. The van der Waals surface area contributed by atoms with Gasteiger partial charge in [-0.05, 0) is 25.8 Å². The number of aryl methyl sites for hydroxylation is 1. The third-order valence-corrected chi connectivity index (χ3v) is 2.67. The lowest BCUT2D eigenvalue weighted by Crippen LogP contribution is -2.39. The fourth-order valence-electron chi connectivity index (χ4n) is 1.55. The van der Waals surface area contributed by atoms with Crippen LogP contribution in [-0.4, -0.2) is 29.6 Å². The molecule has 1 rings (SSSR count). The largest absolute Gasteiger partial charge is 0.356 e. The molecule has 0 aliphatic rings. The fraction of sp³-hybridized carbons (Fsp3) is 0.667. The van der Waals surface area contributed by atoms with Gasteiger partial charge in [0.1, 0.15) is 12.1 Å². The van der Waals surface area contributed by atoms with Crippen LogP contribution < -0.4 is 10.6 Å². The Balaban J connectivity index is 2.82. The number of rotatable bonds is 5. The lowest BCUT2D eigenvalue weighted by Gasteiger charge is -2.31. The van der Waals surface area contributed by atoms with Gasteiger partial charge in [-0.15, -0.1) is 0 Å². The van der Waals surface area contributed by atoms with E-state index in [1.807, 2.05) is 13.0 Å². The summed E-state index contributed by atoms with van der Waals surface area (Å²) < 4.78 is 0. The molecule has 2 N–H and O–H groups in total. The van der Waals surface area contributed by atoms with E-state index in [0.717, 1.165) is 24.6 Å². The average molecular weight is 222 g/mol. The number of hydrogen-bond donors (Lipinski definition) is 1. The molecule has 1 aromatic heterocycles. The normalized spacial score (nSPS) is 11.6. The van der Waals surface area contributed by atoms with E-state index in [-0.39, 0.29) is 5.41 Å². The van der Waals surface area contributed by atoms with Gasteiger partial charge < -0.3 is 10.6 Å². The van der Waals surface area contributed by atoms with Gasteiger partial charge in [0, 0.05) is 24.8 Å². The zero-order valence-corrected chi connectivity index (χ0v) is 10.7. The molecule has 4 heteroatoms. The summed E-state index contributed by atoms with van der Waals surface area (Å²) in [6.45, 7) is 11.0. The second-order valence-electron chi connectivity index (χ2n) is 4.90. The van der Waals surface area contributed by atoms with Crippen molar-refractivity contribution in [3.8, 4) is 0 Å². The quantitative estimate of drug-likeness (QED) is 0.822. The molecule has 90 valence electrons. The average Bonchev–Trinajstić information content (AvgIpc) is 2.26. The van der Waals surface area contributed by atoms with Crippen LogP contribution in [0, 0.1) is 12.3 Å². The number of hydrogen-bond acceptors (Lipinski definition) is 4. The third kappa shape index (κ3) is 3.45. The molecule has 0 bridgehead atoms. The first-order chi connectivity index (χ1) is 7.48. The van der Waals surface area contributed by atoms with Gasteiger partial charge in [-0.25, -0.2) is 9.97 Å². The van der Waals surface area contributed by atoms with Crippen molar-refractivity contribution >= 4 is 5.82 Å². The Morgan fingerprint density at radius 1 is 1.38 bits per heavy atom. The standard InChI is InChI=1S/C12H22N4/c1-5-16(8-12(3,4)7-13)11-6-10(2)14-9-15-11/h6,9H,5,7-8,13H2,1-4H3. The van der Waals surface area contributed by atoms with Gasteiger partial charge in [0.25, 0.3) is 0 Å². The van der Waals surface area contributed by atoms with Crippen LogP contribution in [0.2, 0.25) is 0 Å². The topological polar surface area (TPSA) is 55.0 Å². The predicted molar refractivity (Wildman–Crippen MR) is 67.5 cm³/mol. The van der Waals surface area contributed by atoms with Crippen molar-refractivity contribution < 1.29 is 0 Å². The van der Waals surface area contributed by atoms with Crippen molar-refractivity contribution in [3.63, 3.8) is 0 Å². The molecule has 0 amide bonds. The third-order valence-electron chi connectivity index (χ3n) is 2.67. The first kappa shape index (κ1) is 12.9. The van der Waals surface area contributed by atoms with Crippen molar-refractivity contribution in [1.82, 2.24) is 9.97 Å². The van der Waals surface area contributed by atoms with E-state index >= 15 is 0 Å². The molecule has 1 heterocycles. The summed E-state index contributed by atoms with van der Waals surface area (Å²) in [5.41, 5.74) is 6.86. The number of anilines is 1. The van der Waals surface area contributed by atoms with Gasteiger partial charge in [-0.2, -0.15) is 0 Å². The highest BCUT2D eigenvalue weighted by Gasteiger charge is 2.20. The van der Waals surface area contributed by atoms with Gasteiger partial charge >= 0.3 is 0 Å². The summed E-state index contributed by atoms with van der Waals surface area (Å²) in [5, 5.41) is 0. The Bertz CT molecular complexity index is 336. The first-order valence-electron chi connectivity index (χ1n) is 5.72. The van der Waals surface area contributed by atoms with Crippen LogP contribution in [0.5, 0.6) is 0 Å². The van der Waals surface area contributed by atoms with Crippen molar-refractivity contribution in [1.29, 1.82) is 0 Å². The van der Waals surface area contributed by atoms with Crippen LogP contribution in [0.15, 0.2) is 12.4 Å². The number of aromatic nitrogens is 2. The van der Waals surface area contributed by atoms with Crippen molar-refractivity contribution in [2.24, 2.45) is 11.1 Å². The maximum Gasteiger partial charge on any atom is 0.132 e. The van der Waals surface area contributed by atoms with Crippen molar-refractivity contribution in [3.05, 3.63) is 18.1 Å². The molecule has 0 fully saturated rings. The first-order valence-corrected chi connectivity index (χ1v) is 5.72. The summed E-state index contributed by atoms with van der Waals surface area (Å²) >= 11 is 0. The van der Waals surface area contributed by atoms with E-state index < -0.39 is 0 Å². The minimum Gasteiger partial charge on any atom is -0.356 e. The van der Waals surface area contributed by atoms with Crippen LogP contribution in [0.4, 0.5) is 5.82 Å². The van der Waals surface area contributed by atoms with Gasteiger partial charge in [0.2, 0.25) is 0 Å². The lowest BCUT2D eigenvalue weighted by atomic mass is 9.93. The molecule has 0 radical (unpaired) electrons. The molecule has 1 aromatic rings. The van der Waals surface area contributed by atoms with Gasteiger partial charge in [-0.1, -0.05) is 13.8 Å². The highest BCUT2D eigenvalue weighted by molar-refractivity contribution is 5.38. The smallest absolute Gasteiger partial charge is 0.132 e. The maximum absolute atomic E-state index is 5.76. The van der Waals surface area contributed by atoms with Crippen LogP contribution in [0.1, 0.15) is 26.5 Å². The molecule has 0 atom stereocenters. The molecule has 0 unspecified atom stereocenters. The maximum atomic E-state index is 5.76. The van der Waals surface area contributed by atoms with E-state index in [9.17, 15) is 0 Å². The predicted octanol–water partition coefficient (Wildman–Crippen LogP) is 1.60. The van der Waals surface area contributed by atoms with Crippen LogP contribution in [-0.2, 0) is 0 Å². The second-order valence-corrected chi connectivity index (χ2v) is 4.90. The summed E-state index contributed by atoms with van der Waals surface area (Å²) in [6, 6.07) is 2.01. The van der Waals surface area contributed by atoms with Crippen LogP contribution in [0.25, 0.3) is 0 Å². The summed E-state index contributed by atoms with van der Waals surface area (Å²) in [5.74, 6) is 0.983. The van der Waals surface area contributed by atoms with Crippen LogP contribution >= 0.6 is 0 Å². The molecule has 0 spiro atoms. The number of nitrogens with zero attached hydrogens (tertiary/aromatic N) is 3. The molecule has 4 nitrogen and oxygen atoms in total. The Morgan fingerprint density at radius 3 is 2.56 bits per heavy atom. The minimum atomic E-state index is 0.106. The Labute approximate surface area is 97.9 Å². The number of nitrogens with two attached hydrogens (primary N) is 1. The fourth-order valence-corrected chi connectivity index (χ4v) is 1.55. The molecule has 0 aliphatic heterocycles. The molecular formula is C12H22N4. The molecule has 0 aromatic carbocycles.